The molecule has 0 radical (unpaired) electrons. The lowest BCUT2D eigenvalue weighted by Crippen LogP contribution is -2.58. The summed E-state index contributed by atoms with van der Waals surface area (Å²) in [5.74, 6) is -1.57. The first kappa shape index (κ1) is 41.2. The highest BCUT2D eigenvalue weighted by atomic mass is 35.5. The Hall–Kier alpha value is -4.97. The molecule has 6 aromatic rings. The van der Waals surface area contributed by atoms with E-state index >= 15 is 0 Å². The second-order valence-electron chi connectivity index (χ2n) is 13.9. The minimum Gasteiger partial charge on any atom is -0.468 e. The fourth-order valence-corrected chi connectivity index (χ4v) is 7.35. The average molecular weight is 820 g/mol. The molecule has 1 aliphatic heterocycles. The second kappa shape index (κ2) is 20.6. The number of nitrogens with zero attached hydrogens (tertiary/aromatic N) is 2. The van der Waals surface area contributed by atoms with E-state index in [1.54, 1.807) is 18.2 Å². The third-order valence-corrected chi connectivity index (χ3v) is 10.5. The molecule has 298 valence electrons. The van der Waals surface area contributed by atoms with Gasteiger partial charge in [0.15, 0.2) is 5.15 Å². The van der Waals surface area contributed by atoms with E-state index in [2.05, 4.69) is 10.2 Å². The normalized spacial score (nSPS) is 19.7. The van der Waals surface area contributed by atoms with Gasteiger partial charge in [-0.05, 0) is 51.6 Å². The Balaban J connectivity index is 1.31. The molecule has 1 aliphatic rings. The average Bonchev–Trinajstić information content (AvgIpc) is 3.27. The van der Waals surface area contributed by atoms with E-state index in [4.69, 9.17) is 51.6 Å². The highest BCUT2D eigenvalue weighted by Gasteiger charge is 2.49. The summed E-state index contributed by atoms with van der Waals surface area (Å²) in [7, 11) is 1.32. The number of carbonyl (C=O) groups excluding carboxylic acids is 1. The SMILES string of the molecule is COC(=O)C(c1ccc(Cl)nn1)c1cc(C2OC(COCc3ccccc3)C(OCc3ccccc3)C(OCc3ccccc3)C2OCc2ccccc2)ccc1Cl. The maximum atomic E-state index is 13.5. The van der Waals surface area contributed by atoms with Gasteiger partial charge in [0.05, 0.1) is 45.8 Å². The predicted molar refractivity (Wildman–Crippen MR) is 221 cm³/mol. The lowest BCUT2D eigenvalue weighted by molar-refractivity contribution is -0.275. The first-order chi connectivity index (χ1) is 28.5. The van der Waals surface area contributed by atoms with Crippen LogP contribution in [0.3, 0.4) is 0 Å². The van der Waals surface area contributed by atoms with Crippen molar-refractivity contribution in [2.24, 2.45) is 0 Å². The van der Waals surface area contributed by atoms with Crippen LogP contribution in [0, 0.1) is 0 Å². The number of rotatable bonds is 17. The van der Waals surface area contributed by atoms with Crippen LogP contribution in [0.1, 0.15) is 51.1 Å². The van der Waals surface area contributed by atoms with E-state index in [0.717, 1.165) is 22.3 Å². The summed E-state index contributed by atoms with van der Waals surface area (Å²) in [6.07, 6.45) is -3.36. The molecular weight excluding hydrogens is 775 g/mol. The number of hydrogen-bond acceptors (Lipinski definition) is 9. The lowest BCUT2D eigenvalue weighted by Gasteiger charge is -2.46. The third-order valence-electron chi connectivity index (χ3n) is 9.93. The largest absolute Gasteiger partial charge is 0.468 e. The zero-order valence-electron chi connectivity index (χ0n) is 31.9. The molecule has 0 bridgehead atoms. The van der Waals surface area contributed by atoms with Gasteiger partial charge in [-0.2, -0.15) is 5.10 Å². The molecule has 0 spiro atoms. The Kier molecular flexibility index (Phi) is 14.7. The minimum absolute atomic E-state index is 0.187. The third kappa shape index (κ3) is 10.7. The van der Waals surface area contributed by atoms with Crippen molar-refractivity contribution in [3.05, 3.63) is 201 Å². The van der Waals surface area contributed by atoms with E-state index in [0.29, 0.717) is 35.1 Å². The minimum atomic E-state index is -1.01. The van der Waals surface area contributed by atoms with Crippen LogP contribution in [0.4, 0.5) is 0 Å². The fraction of sp³-hybridized carbons (Fsp3) is 0.255. The number of halogens is 2. The molecule has 1 saturated heterocycles. The van der Waals surface area contributed by atoms with Crippen LogP contribution in [0.5, 0.6) is 0 Å². The first-order valence-corrected chi connectivity index (χ1v) is 19.8. The van der Waals surface area contributed by atoms with Gasteiger partial charge < -0.3 is 28.4 Å². The maximum absolute atomic E-state index is 13.5. The van der Waals surface area contributed by atoms with Gasteiger partial charge in [-0.25, -0.2) is 0 Å². The first-order valence-electron chi connectivity index (χ1n) is 19.1. The summed E-state index contributed by atoms with van der Waals surface area (Å²) >= 11 is 13.0. The summed E-state index contributed by atoms with van der Waals surface area (Å²) in [6, 6.07) is 48.5. The molecule has 58 heavy (non-hydrogen) atoms. The maximum Gasteiger partial charge on any atom is 0.319 e. The van der Waals surface area contributed by atoms with Crippen molar-refractivity contribution >= 4 is 29.2 Å². The summed E-state index contributed by atoms with van der Waals surface area (Å²) in [4.78, 5) is 13.5. The van der Waals surface area contributed by atoms with Crippen molar-refractivity contribution in [1.29, 1.82) is 0 Å². The second-order valence-corrected chi connectivity index (χ2v) is 14.7. The van der Waals surface area contributed by atoms with E-state index in [1.165, 1.54) is 7.11 Å². The van der Waals surface area contributed by atoms with Crippen molar-refractivity contribution in [3.8, 4) is 0 Å². The molecule has 1 aromatic heterocycles. The Labute approximate surface area is 348 Å². The number of esters is 1. The number of aromatic nitrogens is 2. The fourth-order valence-electron chi connectivity index (χ4n) is 7.02. The smallest absolute Gasteiger partial charge is 0.319 e. The van der Waals surface area contributed by atoms with Gasteiger partial charge in [-0.3, -0.25) is 4.79 Å². The molecule has 0 aliphatic carbocycles. The summed E-state index contributed by atoms with van der Waals surface area (Å²) in [6.45, 7) is 1.42. The Bertz CT molecular complexity index is 2170. The standard InChI is InChI=1S/C47H44Cl2N2O7/c1-53-47(52)42(39-24-25-41(49)51-50-39)37-26-36(22-23-38(37)48)43-45(56-29-34-18-10-4-11-19-34)46(57-30-35-20-12-5-13-21-35)44(55-28-33-16-8-3-9-17-33)40(58-43)31-54-27-32-14-6-2-7-15-32/h2-26,40,42-46H,27-31H2,1H3. The van der Waals surface area contributed by atoms with Crippen molar-refractivity contribution in [1.82, 2.24) is 10.2 Å². The molecule has 7 rings (SSSR count). The van der Waals surface area contributed by atoms with Crippen molar-refractivity contribution < 1.29 is 33.2 Å². The Morgan fingerprint density at radius 3 is 1.66 bits per heavy atom. The van der Waals surface area contributed by atoms with Crippen LogP contribution in [0.2, 0.25) is 10.2 Å². The molecule has 9 nitrogen and oxygen atoms in total. The molecular formula is C47H44Cl2N2O7. The molecule has 6 unspecified atom stereocenters. The number of ether oxygens (including phenoxy) is 6. The van der Waals surface area contributed by atoms with Gasteiger partial charge in [0.2, 0.25) is 0 Å². The molecule has 6 atom stereocenters. The zero-order chi connectivity index (χ0) is 40.1. The number of benzene rings is 5. The summed E-state index contributed by atoms with van der Waals surface area (Å²) in [5.41, 5.74) is 5.46. The van der Waals surface area contributed by atoms with Crippen LogP contribution in [0.25, 0.3) is 0 Å². The Morgan fingerprint density at radius 1 is 0.621 bits per heavy atom. The molecule has 0 amide bonds. The highest BCUT2D eigenvalue weighted by Crippen LogP contribution is 2.41. The zero-order valence-corrected chi connectivity index (χ0v) is 33.5. The van der Waals surface area contributed by atoms with Crippen LogP contribution < -0.4 is 0 Å². The van der Waals surface area contributed by atoms with Crippen LogP contribution in [0.15, 0.2) is 152 Å². The summed E-state index contributed by atoms with van der Waals surface area (Å²) in [5, 5.41) is 8.73. The van der Waals surface area contributed by atoms with Gasteiger partial charge in [-0.15, -0.1) is 5.10 Å². The van der Waals surface area contributed by atoms with Crippen LogP contribution in [-0.2, 0) is 59.6 Å². The molecule has 0 saturated carbocycles. The highest BCUT2D eigenvalue weighted by molar-refractivity contribution is 6.31. The number of carbonyl (C=O) groups is 1. The van der Waals surface area contributed by atoms with Gasteiger partial charge >= 0.3 is 5.97 Å². The quantitative estimate of drug-likeness (QED) is 0.0834. The number of hydrogen-bond donors (Lipinski definition) is 0. The molecule has 5 aromatic carbocycles. The van der Waals surface area contributed by atoms with Gasteiger partial charge in [0.25, 0.3) is 0 Å². The van der Waals surface area contributed by atoms with Gasteiger partial charge in [0, 0.05) is 5.02 Å². The molecule has 1 fully saturated rings. The van der Waals surface area contributed by atoms with E-state index in [9.17, 15) is 4.79 Å². The molecule has 0 N–H and O–H groups in total. The van der Waals surface area contributed by atoms with E-state index in [-0.39, 0.29) is 25.0 Å². The predicted octanol–water partition coefficient (Wildman–Crippen LogP) is 9.50. The van der Waals surface area contributed by atoms with Gasteiger partial charge in [0.1, 0.15) is 36.4 Å². The van der Waals surface area contributed by atoms with Crippen molar-refractivity contribution in [2.45, 2.75) is 62.9 Å². The van der Waals surface area contributed by atoms with E-state index < -0.39 is 42.4 Å². The van der Waals surface area contributed by atoms with E-state index in [1.807, 2.05) is 133 Å². The van der Waals surface area contributed by atoms with Crippen LogP contribution in [-0.4, -0.2) is 54.3 Å². The topological polar surface area (TPSA) is 98.2 Å². The van der Waals surface area contributed by atoms with Crippen molar-refractivity contribution in [2.75, 3.05) is 13.7 Å². The summed E-state index contributed by atoms with van der Waals surface area (Å²) < 4.78 is 39.4. The number of methoxy groups -OCH3 is 1. The van der Waals surface area contributed by atoms with Gasteiger partial charge in [-0.1, -0.05) is 157 Å². The molecule has 11 heteroatoms. The van der Waals surface area contributed by atoms with Crippen molar-refractivity contribution in [3.63, 3.8) is 0 Å². The van der Waals surface area contributed by atoms with Crippen LogP contribution >= 0.6 is 23.2 Å². The molecule has 2 heterocycles. The Morgan fingerprint density at radius 2 is 1.14 bits per heavy atom. The lowest BCUT2D eigenvalue weighted by atomic mass is 9.87. The monoisotopic (exact) mass is 818 g/mol.